The number of nitrogen functional groups attached to an aromatic ring is 1. The number of halogens is 3. The smallest absolute Gasteiger partial charge is 0.390 e. The highest BCUT2D eigenvalue weighted by atomic mass is 32.2. The van der Waals surface area contributed by atoms with Crippen molar-refractivity contribution >= 4 is 16.8 Å². The lowest BCUT2D eigenvalue weighted by Gasteiger charge is -2.31. The van der Waals surface area contributed by atoms with E-state index in [2.05, 4.69) is 14.7 Å². The second kappa shape index (κ2) is 13.3. The number of nitrogens with two attached hydrogens (primary N) is 1. The molecule has 4 atom stereocenters. The van der Waals surface area contributed by atoms with E-state index >= 15 is 0 Å². The number of aromatic nitrogens is 2. The van der Waals surface area contributed by atoms with E-state index in [1.54, 1.807) is 12.1 Å². The predicted molar refractivity (Wildman–Crippen MR) is 110 cm³/mol. The van der Waals surface area contributed by atoms with Crippen LogP contribution < -0.4 is 10.5 Å². The average Bonchev–Trinajstić information content (AvgIpc) is 2.76. The van der Waals surface area contributed by atoms with Gasteiger partial charge in [0.15, 0.2) is 5.69 Å². The molecule has 1 aromatic heterocycles. The molecular weight excluding hydrogens is 437 g/mol. The summed E-state index contributed by atoms with van der Waals surface area (Å²) >= 11 is 0. The van der Waals surface area contributed by atoms with Gasteiger partial charge in [0, 0.05) is 13.2 Å². The van der Waals surface area contributed by atoms with E-state index in [0.717, 1.165) is 6.20 Å². The molecule has 1 aliphatic rings. The third-order valence-corrected chi connectivity index (χ3v) is 4.97. The molecule has 0 bridgehead atoms. The zero-order valence-corrected chi connectivity index (χ0v) is 17.9. The molecule has 12 heteroatoms. The van der Waals surface area contributed by atoms with Gasteiger partial charge < -0.3 is 20.7 Å². The number of hydrogen-bond donors (Lipinski definition) is 4. The molecule has 0 radical (unpaired) electrons. The molecule has 1 aromatic carbocycles. The average molecular weight is 465 g/mol. The Labute approximate surface area is 181 Å². The van der Waals surface area contributed by atoms with Crippen LogP contribution in [0.1, 0.15) is 26.0 Å². The van der Waals surface area contributed by atoms with Gasteiger partial charge in [-0.05, 0) is 18.6 Å². The summed E-state index contributed by atoms with van der Waals surface area (Å²) < 4.78 is 55.4. The van der Waals surface area contributed by atoms with Gasteiger partial charge in [-0.3, -0.25) is 4.98 Å². The zero-order chi connectivity index (χ0) is 23.4. The van der Waals surface area contributed by atoms with Crippen LogP contribution in [0.4, 0.5) is 19.0 Å². The summed E-state index contributed by atoms with van der Waals surface area (Å²) in [6.45, 7) is 4.64. The fraction of sp³-hybridized carbons (Fsp3) is 0.474. The molecule has 2 heterocycles. The Bertz CT molecular complexity index is 799. The molecule has 2 aromatic rings. The number of ether oxygens (including phenoxy) is 1. The second-order valence-corrected chi connectivity index (χ2v) is 7.31. The van der Waals surface area contributed by atoms with Crippen molar-refractivity contribution in [2.45, 2.75) is 49.7 Å². The molecule has 4 unspecified atom stereocenters. The minimum Gasteiger partial charge on any atom is -0.390 e. The quantitative estimate of drug-likeness (QED) is 0.544. The highest BCUT2D eigenvalue weighted by Crippen LogP contribution is 2.26. The number of benzene rings is 1. The summed E-state index contributed by atoms with van der Waals surface area (Å²) in [6.07, 6.45) is -4.59. The molecule has 0 amide bonds. The maximum Gasteiger partial charge on any atom is 0.434 e. The third kappa shape index (κ3) is 9.27. The van der Waals surface area contributed by atoms with Crippen molar-refractivity contribution in [1.82, 2.24) is 14.7 Å². The number of aliphatic hydroxyl groups excluding tert-OH is 2. The van der Waals surface area contributed by atoms with E-state index in [1.165, 1.54) is 0 Å². The third-order valence-electron chi connectivity index (χ3n) is 3.84. The van der Waals surface area contributed by atoms with Crippen LogP contribution in [-0.4, -0.2) is 55.9 Å². The number of rotatable bonds is 4. The van der Waals surface area contributed by atoms with E-state index < -0.39 is 41.2 Å². The van der Waals surface area contributed by atoms with Gasteiger partial charge >= 0.3 is 6.18 Å². The monoisotopic (exact) mass is 464 g/mol. The largest absolute Gasteiger partial charge is 0.434 e. The lowest BCUT2D eigenvalue weighted by Crippen LogP contribution is -2.49. The van der Waals surface area contributed by atoms with Gasteiger partial charge in [0.1, 0.15) is 22.9 Å². The number of nitrogens with one attached hydrogen (secondary N) is 1. The first-order chi connectivity index (χ1) is 14.7. The lowest BCUT2D eigenvalue weighted by atomic mass is 10.0. The highest BCUT2D eigenvalue weighted by molar-refractivity contribution is 7.83. The van der Waals surface area contributed by atoms with Crippen LogP contribution >= 0.6 is 0 Å². The number of hydrogen-bond acceptors (Lipinski definition) is 7. The maximum absolute atomic E-state index is 11.9. The van der Waals surface area contributed by atoms with Crippen LogP contribution in [-0.2, 0) is 21.9 Å². The second-order valence-electron chi connectivity index (χ2n) is 6.01. The van der Waals surface area contributed by atoms with Gasteiger partial charge in [-0.25, -0.2) is 13.9 Å². The fourth-order valence-electron chi connectivity index (χ4n) is 2.34. The van der Waals surface area contributed by atoms with Crippen molar-refractivity contribution in [3.05, 3.63) is 48.4 Å². The summed E-state index contributed by atoms with van der Waals surface area (Å²) in [5.41, 5.74) is 3.91. The molecule has 1 saturated heterocycles. The molecule has 31 heavy (non-hydrogen) atoms. The number of aliphatic hydroxyl groups is 2. The zero-order valence-electron chi connectivity index (χ0n) is 17.1. The van der Waals surface area contributed by atoms with Crippen molar-refractivity contribution in [2.75, 3.05) is 18.9 Å². The van der Waals surface area contributed by atoms with E-state index in [-0.39, 0.29) is 12.4 Å². The van der Waals surface area contributed by atoms with E-state index in [9.17, 15) is 27.6 Å². The van der Waals surface area contributed by atoms with Gasteiger partial charge in [-0.15, -0.1) is 0 Å². The van der Waals surface area contributed by atoms with Gasteiger partial charge in [0.05, 0.1) is 29.5 Å². The van der Waals surface area contributed by atoms with E-state index in [4.69, 9.17) is 10.5 Å². The van der Waals surface area contributed by atoms with Crippen LogP contribution in [0.3, 0.4) is 0 Å². The number of nitrogens with zero attached hydrogens (tertiary/aromatic N) is 2. The molecule has 1 fully saturated rings. The van der Waals surface area contributed by atoms with Crippen molar-refractivity contribution in [3.8, 4) is 0 Å². The molecule has 0 aliphatic carbocycles. The molecule has 0 spiro atoms. The fourth-order valence-corrected chi connectivity index (χ4v) is 3.23. The normalized spacial score (nSPS) is 21.7. The Kier molecular flexibility index (Phi) is 11.6. The van der Waals surface area contributed by atoms with Gasteiger partial charge in [0.25, 0.3) is 0 Å². The molecule has 3 rings (SSSR count). The van der Waals surface area contributed by atoms with Crippen molar-refractivity contribution in [3.63, 3.8) is 0 Å². The van der Waals surface area contributed by atoms with E-state index in [0.29, 0.717) is 24.1 Å². The molecule has 1 aliphatic heterocycles. The van der Waals surface area contributed by atoms with Gasteiger partial charge in [0.2, 0.25) is 0 Å². The first-order valence-electron chi connectivity index (χ1n) is 9.51. The first kappa shape index (κ1) is 26.9. The Morgan fingerprint density at radius 2 is 1.87 bits per heavy atom. The summed E-state index contributed by atoms with van der Waals surface area (Å²) in [7, 11) is -1.33. The number of anilines is 1. The molecule has 0 saturated carbocycles. The van der Waals surface area contributed by atoms with Crippen LogP contribution in [0.15, 0.2) is 47.6 Å². The maximum atomic E-state index is 11.9. The topological polar surface area (TPSA) is 131 Å². The summed E-state index contributed by atoms with van der Waals surface area (Å²) in [5, 5.41) is 19.2. The minimum atomic E-state index is -4.47. The van der Waals surface area contributed by atoms with Crippen molar-refractivity contribution in [2.24, 2.45) is 0 Å². The minimum absolute atomic E-state index is 0.236. The van der Waals surface area contributed by atoms with Gasteiger partial charge in [-0.2, -0.15) is 13.2 Å². The lowest BCUT2D eigenvalue weighted by molar-refractivity contribution is -0.141. The van der Waals surface area contributed by atoms with Crippen LogP contribution in [0.25, 0.3) is 0 Å². The molecule has 174 valence electrons. The van der Waals surface area contributed by atoms with Gasteiger partial charge in [-0.1, -0.05) is 32.0 Å². The van der Waals surface area contributed by atoms with Crippen LogP contribution in [0, 0.1) is 0 Å². The summed E-state index contributed by atoms with van der Waals surface area (Å²) in [4.78, 5) is 6.95. The summed E-state index contributed by atoms with van der Waals surface area (Å²) in [5.74, 6) is -0.236. The molecule has 8 nitrogen and oxygen atoms in total. The Morgan fingerprint density at radius 1 is 1.23 bits per heavy atom. The first-order valence-corrected chi connectivity index (χ1v) is 10.7. The standard InChI is InChI=1S/C12H17NO4S.C5H4F3N3.C2H6/c14-10-6-7-17-11(12(10)15)8-13-18(16)9-4-2-1-3-5-9;6-5(7,8)3-1-10-2-4(9)11-3;1-2/h1-5,10-15H,6-8H2;1-2H,(H2,9,11);1-2H3. The van der Waals surface area contributed by atoms with Crippen LogP contribution in [0.2, 0.25) is 0 Å². The SMILES string of the molecule is CC.Nc1cncc(C(F)(F)F)n1.O=S(NCC1OCCC(O)C1O)c1ccccc1. The van der Waals surface area contributed by atoms with E-state index in [1.807, 2.05) is 32.0 Å². The Balaban J connectivity index is 0.000000317. The predicted octanol–water partition coefficient (Wildman–Crippen LogP) is 1.91. The molecular formula is C19H27F3N4O4S. The summed E-state index contributed by atoms with van der Waals surface area (Å²) in [6, 6.07) is 8.99. The van der Waals surface area contributed by atoms with Crippen LogP contribution in [0.5, 0.6) is 0 Å². The number of alkyl halides is 3. The highest BCUT2D eigenvalue weighted by Gasteiger charge is 2.33. The van der Waals surface area contributed by atoms with Crippen molar-refractivity contribution in [1.29, 1.82) is 0 Å². The Hall–Kier alpha value is -2.12. The molecule has 5 N–H and O–H groups in total. The Morgan fingerprint density at radius 3 is 2.42 bits per heavy atom. The van der Waals surface area contributed by atoms with Crippen molar-refractivity contribution < 1.29 is 32.3 Å².